The Morgan fingerprint density at radius 3 is 2.88 bits per heavy atom. The summed E-state index contributed by atoms with van der Waals surface area (Å²) in [4.78, 5) is 16.1. The van der Waals surface area contributed by atoms with Crippen LogP contribution in [0.1, 0.15) is 17.0 Å². The molecule has 8 heteroatoms. The van der Waals surface area contributed by atoms with E-state index in [2.05, 4.69) is 52.5 Å². The largest absolute Gasteiger partial charge is 0.301 e. The number of thioether (sulfide) groups is 1. The van der Waals surface area contributed by atoms with Gasteiger partial charge in [-0.3, -0.25) is 9.36 Å². The second kappa shape index (κ2) is 7.14. The van der Waals surface area contributed by atoms with Crippen LogP contribution in [0.5, 0.6) is 0 Å². The molecule has 6 nitrogen and oxygen atoms in total. The van der Waals surface area contributed by atoms with Gasteiger partial charge in [-0.15, -0.1) is 21.5 Å². The minimum atomic E-state index is -0.108. The zero-order valence-electron chi connectivity index (χ0n) is 13.6. The summed E-state index contributed by atoms with van der Waals surface area (Å²) < 4.78 is 1.99. The molecule has 0 aliphatic heterocycles. The number of aromatic nitrogens is 4. The van der Waals surface area contributed by atoms with Crippen LogP contribution in [0.2, 0.25) is 0 Å². The number of hydrogen-bond acceptors (Lipinski definition) is 6. The van der Waals surface area contributed by atoms with Crippen molar-refractivity contribution in [3.05, 3.63) is 46.7 Å². The highest BCUT2D eigenvalue weighted by Crippen LogP contribution is 2.25. The quantitative estimate of drug-likeness (QED) is 0.707. The molecule has 2 aromatic heterocycles. The van der Waals surface area contributed by atoms with Crippen LogP contribution in [0, 0.1) is 20.8 Å². The second-order valence-electron chi connectivity index (χ2n) is 5.33. The third kappa shape index (κ3) is 3.65. The molecule has 0 bridgehead atoms. The summed E-state index contributed by atoms with van der Waals surface area (Å²) in [6.45, 7) is 6.02. The van der Waals surface area contributed by atoms with Gasteiger partial charge in [-0.05, 0) is 38.0 Å². The van der Waals surface area contributed by atoms with Crippen LogP contribution in [0.25, 0.3) is 5.69 Å². The summed E-state index contributed by atoms with van der Waals surface area (Å²) in [5.41, 5.74) is 3.35. The van der Waals surface area contributed by atoms with Crippen molar-refractivity contribution < 1.29 is 4.79 Å². The van der Waals surface area contributed by atoms with Gasteiger partial charge < -0.3 is 5.32 Å². The first-order valence-corrected chi connectivity index (χ1v) is 9.23. The van der Waals surface area contributed by atoms with Crippen molar-refractivity contribution in [2.24, 2.45) is 0 Å². The van der Waals surface area contributed by atoms with E-state index in [1.165, 1.54) is 28.7 Å². The third-order valence-electron chi connectivity index (χ3n) is 3.41. The number of aryl methyl sites for hydroxylation is 3. The fourth-order valence-electron chi connectivity index (χ4n) is 2.24. The molecule has 3 aromatic rings. The molecule has 0 spiro atoms. The number of carbonyl (C=O) groups excluding carboxylic acids is 1. The Labute approximate surface area is 148 Å². The standard InChI is InChI=1S/C16H17N5OS2/c1-10-4-5-11(2)13(8-10)21-12(3)19-20-16(21)24-9-14(22)18-15-17-6-7-23-15/h4-8H,9H2,1-3H3,(H,17,18,22). The Balaban J connectivity index is 1.78. The number of anilines is 1. The molecule has 2 heterocycles. The maximum Gasteiger partial charge on any atom is 0.236 e. The van der Waals surface area contributed by atoms with Gasteiger partial charge in [-0.2, -0.15) is 0 Å². The first-order chi connectivity index (χ1) is 11.5. The van der Waals surface area contributed by atoms with Gasteiger partial charge in [0.05, 0.1) is 11.4 Å². The zero-order valence-corrected chi connectivity index (χ0v) is 15.2. The van der Waals surface area contributed by atoms with Crippen molar-refractivity contribution in [3.63, 3.8) is 0 Å². The van der Waals surface area contributed by atoms with Crippen LogP contribution in [-0.2, 0) is 4.79 Å². The van der Waals surface area contributed by atoms with Gasteiger partial charge in [0.2, 0.25) is 5.91 Å². The van der Waals surface area contributed by atoms with Crippen LogP contribution >= 0.6 is 23.1 Å². The molecule has 1 aromatic carbocycles. The van der Waals surface area contributed by atoms with Crippen LogP contribution < -0.4 is 5.32 Å². The highest BCUT2D eigenvalue weighted by molar-refractivity contribution is 7.99. The van der Waals surface area contributed by atoms with Crippen LogP contribution in [-0.4, -0.2) is 31.4 Å². The van der Waals surface area contributed by atoms with Gasteiger partial charge >= 0.3 is 0 Å². The smallest absolute Gasteiger partial charge is 0.236 e. The summed E-state index contributed by atoms with van der Waals surface area (Å²) in [6, 6.07) is 6.26. The van der Waals surface area contributed by atoms with Gasteiger partial charge in [-0.1, -0.05) is 23.9 Å². The Kier molecular flexibility index (Phi) is 4.96. The van der Waals surface area contributed by atoms with E-state index in [0.29, 0.717) is 10.3 Å². The summed E-state index contributed by atoms with van der Waals surface area (Å²) in [7, 11) is 0. The predicted molar refractivity (Wildman–Crippen MR) is 97.0 cm³/mol. The maximum absolute atomic E-state index is 12.0. The van der Waals surface area contributed by atoms with Crippen molar-refractivity contribution in [2.75, 3.05) is 11.1 Å². The van der Waals surface area contributed by atoms with Crippen LogP contribution in [0.4, 0.5) is 5.13 Å². The molecule has 0 unspecified atom stereocenters. The van der Waals surface area contributed by atoms with E-state index in [9.17, 15) is 4.79 Å². The average Bonchev–Trinajstić information content (AvgIpc) is 3.17. The Morgan fingerprint density at radius 1 is 1.29 bits per heavy atom. The van der Waals surface area contributed by atoms with E-state index in [1.807, 2.05) is 16.9 Å². The lowest BCUT2D eigenvalue weighted by Gasteiger charge is -2.12. The first-order valence-electron chi connectivity index (χ1n) is 7.36. The van der Waals surface area contributed by atoms with Crippen LogP contribution in [0.3, 0.4) is 0 Å². The van der Waals surface area contributed by atoms with E-state index >= 15 is 0 Å². The van der Waals surface area contributed by atoms with Gasteiger partial charge in [0.1, 0.15) is 5.82 Å². The van der Waals surface area contributed by atoms with Gasteiger partial charge in [0, 0.05) is 11.6 Å². The molecular weight excluding hydrogens is 342 g/mol. The molecule has 0 radical (unpaired) electrons. The third-order valence-corrected chi connectivity index (χ3v) is 5.03. The summed E-state index contributed by atoms with van der Waals surface area (Å²) >= 11 is 2.76. The lowest BCUT2D eigenvalue weighted by Crippen LogP contribution is -2.14. The summed E-state index contributed by atoms with van der Waals surface area (Å²) in [5.74, 6) is 0.942. The molecule has 124 valence electrons. The van der Waals surface area contributed by atoms with Gasteiger partial charge in [0.25, 0.3) is 0 Å². The van der Waals surface area contributed by atoms with Crippen molar-refractivity contribution >= 4 is 34.1 Å². The Morgan fingerprint density at radius 2 is 2.12 bits per heavy atom. The molecule has 3 rings (SSSR count). The normalized spacial score (nSPS) is 10.8. The van der Waals surface area contributed by atoms with E-state index in [-0.39, 0.29) is 11.7 Å². The second-order valence-corrected chi connectivity index (χ2v) is 7.17. The monoisotopic (exact) mass is 359 g/mol. The SMILES string of the molecule is Cc1ccc(C)c(-n2c(C)nnc2SCC(=O)Nc2nccs2)c1. The molecule has 0 saturated heterocycles. The highest BCUT2D eigenvalue weighted by Gasteiger charge is 2.15. The molecule has 24 heavy (non-hydrogen) atoms. The highest BCUT2D eigenvalue weighted by atomic mass is 32.2. The predicted octanol–water partition coefficient (Wildman–Crippen LogP) is 3.38. The molecule has 0 atom stereocenters. The van der Waals surface area contributed by atoms with E-state index in [0.717, 1.165) is 17.1 Å². The first kappa shape index (κ1) is 16.7. The molecular formula is C16H17N5OS2. The van der Waals surface area contributed by atoms with E-state index < -0.39 is 0 Å². The number of amides is 1. The number of nitrogens with one attached hydrogen (secondary N) is 1. The molecule has 1 amide bonds. The fraction of sp³-hybridized carbons (Fsp3) is 0.250. The number of carbonyl (C=O) groups is 1. The van der Waals surface area contributed by atoms with Gasteiger partial charge in [-0.25, -0.2) is 4.98 Å². The van der Waals surface area contributed by atoms with E-state index in [1.54, 1.807) is 6.20 Å². The zero-order chi connectivity index (χ0) is 17.1. The fourth-order valence-corrected chi connectivity index (χ4v) is 3.58. The minimum absolute atomic E-state index is 0.108. The van der Waals surface area contributed by atoms with E-state index in [4.69, 9.17) is 0 Å². The lowest BCUT2D eigenvalue weighted by atomic mass is 10.1. The lowest BCUT2D eigenvalue weighted by molar-refractivity contribution is -0.113. The average molecular weight is 359 g/mol. The van der Waals surface area contributed by atoms with Crippen molar-refractivity contribution in [2.45, 2.75) is 25.9 Å². The molecule has 0 saturated carbocycles. The van der Waals surface area contributed by atoms with Crippen molar-refractivity contribution in [1.82, 2.24) is 19.7 Å². The Bertz CT molecular complexity index is 857. The Hall–Kier alpha value is -2.19. The number of thiazole rings is 1. The topological polar surface area (TPSA) is 72.7 Å². The summed E-state index contributed by atoms with van der Waals surface area (Å²) in [5, 5.41) is 14.3. The number of nitrogens with zero attached hydrogens (tertiary/aromatic N) is 4. The molecule has 0 fully saturated rings. The molecule has 0 aliphatic carbocycles. The summed E-state index contributed by atoms with van der Waals surface area (Å²) in [6.07, 6.45) is 1.66. The van der Waals surface area contributed by atoms with Crippen molar-refractivity contribution in [1.29, 1.82) is 0 Å². The number of rotatable bonds is 5. The molecule has 0 aliphatic rings. The molecule has 1 N–H and O–H groups in total. The van der Waals surface area contributed by atoms with Crippen molar-refractivity contribution in [3.8, 4) is 5.69 Å². The number of benzene rings is 1. The maximum atomic E-state index is 12.0. The minimum Gasteiger partial charge on any atom is -0.301 e. The number of hydrogen-bond donors (Lipinski definition) is 1. The van der Waals surface area contributed by atoms with Gasteiger partial charge in [0.15, 0.2) is 10.3 Å². The van der Waals surface area contributed by atoms with Crippen LogP contribution in [0.15, 0.2) is 34.9 Å².